The van der Waals surface area contributed by atoms with Gasteiger partial charge in [0.05, 0.1) is 12.9 Å². The number of methoxy groups -OCH3 is 1. The van der Waals surface area contributed by atoms with Crippen molar-refractivity contribution in [2.75, 3.05) is 57.3 Å². The molecule has 2 heterocycles. The van der Waals surface area contributed by atoms with E-state index < -0.39 is 10.0 Å². The van der Waals surface area contributed by atoms with E-state index in [0.717, 1.165) is 11.4 Å². The maximum Gasteiger partial charge on any atom is 0.251 e. The van der Waals surface area contributed by atoms with Gasteiger partial charge in [-0.15, -0.1) is 0 Å². The first-order chi connectivity index (χ1) is 15.5. The highest BCUT2D eigenvalue weighted by atomic mass is 32.2. The predicted molar refractivity (Wildman–Crippen MR) is 120 cm³/mol. The van der Waals surface area contributed by atoms with Crippen LogP contribution >= 0.6 is 0 Å². The summed E-state index contributed by atoms with van der Waals surface area (Å²) in [6.07, 6.45) is 0.345. The third-order valence-corrected chi connectivity index (χ3v) is 7.53. The van der Waals surface area contributed by atoms with Crippen LogP contribution in [0.5, 0.6) is 17.2 Å². The highest BCUT2D eigenvalue weighted by Crippen LogP contribution is 2.32. The molecule has 2 aromatic rings. The van der Waals surface area contributed by atoms with Crippen molar-refractivity contribution < 1.29 is 27.4 Å². The van der Waals surface area contributed by atoms with Crippen molar-refractivity contribution in [2.24, 2.45) is 0 Å². The molecule has 32 heavy (non-hydrogen) atoms. The van der Waals surface area contributed by atoms with E-state index in [1.54, 1.807) is 25.3 Å². The predicted octanol–water partition coefficient (Wildman–Crippen LogP) is 1.70. The zero-order valence-electron chi connectivity index (χ0n) is 18.0. The molecule has 0 radical (unpaired) electrons. The summed E-state index contributed by atoms with van der Waals surface area (Å²) in [5, 5.41) is 2.77. The molecule has 0 atom stereocenters. The van der Waals surface area contributed by atoms with Gasteiger partial charge in [-0.25, -0.2) is 8.42 Å². The van der Waals surface area contributed by atoms with Crippen molar-refractivity contribution in [3.05, 3.63) is 48.0 Å². The lowest BCUT2D eigenvalue weighted by molar-refractivity contribution is 0.0953. The summed E-state index contributed by atoms with van der Waals surface area (Å²) in [7, 11) is -1.74. The Labute approximate surface area is 187 Å². The van der Waals surface area contributed by atoms with E-state index in [-0.39, 0.29) is 25.0 Å². The Morgan fingerprint density at radius 1 is 1.03 bits per heavy atom. The van der Waals surface area contributed by atoms with Crippen LogP contribution in [0.2, 0.25) is 0 Å². The minimum atomic E-state index is -3.37. The normalized spacial score (nSPS) is 16.1. The Morgan fingerprint density at radius 2 is 1.75 bits per heavy atom. The summed E-state index contributed by atoms with van der Waals surface area (Å²) in [4.78, 5) is 14.5. The molecule has 9 nitrogen and oxygen atoms in total. The Kier molecular flexibility index (Phi) is 6.71. The van der Waals surface area contributed by atoms with Crippen molar-refractivity contribution in [1.29, 1.82) is 0 Å². The standard InChI is InChI=1S/C22H27N3O6S/c1-29-19-6-4-18(5-7-19)24-10-12-25(13-11-24)32(27,28)14-2-9-23-22(26)17-3-8-20-21(15-17)31-16-30-20/h3-8,15H,2,9-14,16H2,1H3,(H,23,26). The van der Waals surface area contributed by atoms with Gasteiger partial charge in [-0.05, 0) is 48.9 Å². The molecule has 2 aromatic carbocycles. The van der Waals surface area contributed by atoms with Crippen molar-refractivity contribution in [3.8, 4) is 17.2 Å². The van der Waals surface area contributed by atoms with Gasteiger partial charge in [0.15, 0.2) is 11.5 Å². The molecule has 0 aromatic heterocycles. The van der Waals surface area contributed by atoms with Gasteiger partial charge in [0.25, 0.3) is 5.91 Å². The van der Waals surface area contributed by atoms with Gasteiger partial charge < -0.3 is 24.4 Å². The largest absolute Gasteiger partial charge is 0.497 e. The summed E-state index contributed by atoms with van der Waals surface area (Å²) >= 11 is 0. The fourth-order valence-corrected chi connectivity index (χ4v) is 5.23. The van der Waals surface area contributed by atoms with E-state index in [4.69, 9.17) is 14.2 Å². The summed E-state index contributed by atoms with van der Waals surface area (Å²) in [5.41, 5.74) is 1.50. The molecule has 0 spiro atoms. The van der Waals surface area contributed by atoms with Crippen LogP contribution in [0, 0.1) is 0 Å². The molecule has 2 aliphatic rings. The highest BCUT2D eigenvalue weighted by molar-refractivity contribution is 7.89. The van der Waals surface area contributed by atoms with Crippen LogP contribution in [-0.2, 0) is 10.0 Å². The Balaban J connectivity index is 1.21. The number of fused-ring (bicyclic) bond motifs is 1. The van der Waals surface area contributed by atoms with Crippen LogP contribution in [0.15, 0.2) is 42.5 Å². The minimum Gasteiger partial charge on any atom is -0.497 e. The third kappa shape index (κ3) is 5.08. The van der Waals surface area contributed by atoms with E-state index in [1.165, 1.54) is 4.31 Å². The molecule has 4 rings (SSSR count). The lowest BCUT2D eigenvalue weighted by Crippen LogP contribution is -2.49. The second kappa shape index (κ2) is 9.66. The molecule has 1 N–H and O–H groups in total. The Hall–Kier alpha value is -2.98. The molecule has 2 aliphatic heterocycles. The van der Waals surface area contributed by atoms with E-state index in [1.807, 2.05) is 24.3 Å². The molecular formula is C22H27N3O6S. The van der Waals surface area contributed by atoms with E-state index in [0.29, 0.717) is 49.7 Å². The average Bonchev–Trinajstić information content (AvgIpc) is 3.30. The number of carbonyl (C=O) groups is 1. The first-order valence-corrected chi connectivity index (χ1v) is 12.1. The topological polar surface area (TPSA) is 97.4 Å². The SMILES string of the molecule is COc1ccc(N2CCN(S(=O)(=O)CCCNC(=O)c3ccc4c(c3)OCO4)CC2)cc1. The number of hydrogen-bond acceptors (Lipinski definition) is 7. The number of nitrogens with zero attached hydrogens (tertiary/aromatic N) is 2. The number of anilines is 1. The van der Waals surface area contributed by atoms with Gasteiger partial charge in [-0.3, -0.25) is 4.79 Å². The highest BCUT2D eigenvalue weighted by Gasteiger charge is 2.26. The Bertz CT molecular complexity index is 1050. The molecule has 0 saturated carbocycles. The fraction of sp³-hybridized carbons (Fsp3) is 0.409. The van der Waals surface area contributed by atoms with Crippen molar-refractivity contribution in [2.45, 2.75) is 6.42 Å². The van der Waals surface area contributed by atoms with Crippen LogP contribution in [0.1, 0.15) is 16.8 Å². The number of sulfonamides is 1. The summed E-state index contributed by atoms with van der Waals surface area (Å²) < 4.78 is 42.6. The molecule has 0 bridgehead atoms. The van der Waals surface area contributed by atoms with Crippen LogP contribution < -0.4 is 24.4 Å². The maximum atomic E-state index is 12.7. The lowest BCUT2D eigenvalue weighted by Gasteiger charge is -2.35. The van der Waals surface area contributed by atoms with E-state index >= 15 is 0 Å². The molecule has 10 heteroatoms. The molecule has 1 saturated heterocycles. The van der Waals surface area contributed by atoms with Gasteiger partial charge in [0.1, 0.15) is 5.75 Å². The van der Waals surface area contributed by atoms with Crippen molar-refractivity contribution in [3.63, 3.8) is 0 Å². The van der Waals surface area contributed by atoms with E-state index in [9.17, 15) is 13.2 Å². The van der Waals surface area contributed by atoms with Crippen molar-refractivity contribution in [1.82, 2.24) is 9.62 Å². The molecule has 1 fully saturated rings. The zero-order valence-corrected chi connectivity index (χ0v) is 18.8. The maximum absolute atomic E-state index is 12.7. The van der Waals surface area contributed by atoms with Crippen LogP contribution in [0.4, 0.5) is 5.69 Å². The smallest absolute Gasteiger partial charge is 0.251 e. The summed E-state index contributed by atoms with van der Waals surface area (Å²) in [6.45, 7) is 2.57. The molecule has 0 unspecified atom stereocenters. The van der Waals surface area contributed by atoms with Gasteiger partial charge in [-0.2, -0.15) is 4.31 Å². The summed E-state index contributed by atoms with van der Waals surface area (Å²) in [5.74, 6) is 1.67. The van der Waals surface area contributed by atoms with Crippen LogP contribution in [0.25, 0.3) is 0 Å². The number of benzene rings is 2. The molecule has 172 valence electrons. The number of hydrogen-bond donors (Lipinski definition) is 1. The summed E-state index contributed by atoms with van der Waals surface area (Å²) in [6, 6.07) is 12.7. The first kappa shape index (κ1) is 22.2. The van der Waals surface area contributed by atoms with E-state index in [2.05, 4.69) is 10.2 Å². The molecule has 0 aliphatic carbocycles. The zero-order chi connectivity index (χ0) is 22.6. The lowest BCUT2D eigenvalue weighted by atomic mass is 10.2. The van der Waals surface area contributed by atoms with Gasteiger partial charge in [0, 0.05) is 44.0 Å². The molecule has 1 amide bonds. The molecular weight excluding hydrogens is 434 g/mol. The van der Waals surface area contributed by atoms with Gasteiger partial charge in [0.2, 0.25) is 16.8 Å². The number of nitrogens with one attached hydrogen (secondary N) is 1. The van der Waals surface area contributed by atoms with Crippen LogP contribution in [-0.4, -0.2) is 71.0 Å². The second-order valence-electron chi connectivity index (χ2n) is 7.58. The monoisotopic (exact) mass is 461 g/mol. The number of rotatable bonds is 8. The van der Waals surface area contributed by atoms with Gasteiger partial charge in [-0.1, -0.05) is 0 Å². The minimum absolute atomic E-state index is 0.00302. The van der Waals surface area contributed by atoms with Gasteiger partial charge >= 0.3 is 0 Å². The fourth-order valence-electron chi connectivity index (χ4n) is 3.74. The van der Waals surface area contributed by atoms with Crippen molar-refractivity contribution >= 4 is 21.6 Å². The third-order valence-electron chi connectivity index (χ3n) is 5.57. The number of ether oxygens (including phenoxy) is 3. The quantitative estimate of drug-likeness (QED) is 0.598. The number of piperazine rings is 1. The van der Waals surface area contributed by atoms with Crippen LogP contribution in [0.3, 0.4) is 0 Å². The Morgan fingerprint density at radius 3 is 2.47 bits per heavy atom. The number of carbonyl (C=O) groups excluding carboxylic acids is 1. The second-order valence-corrected chi connectivity index (χ2v) is 9.67. The number of amides is 1. The first-order valence-electron chi connectivity index (χ1n) is 10.5. The average molecular weight is 462 g/mol.